The fourth-order valence-electron chi connectivity index (χ4n) is 4.10. The van der Waals surface area contributed by atoms with Crippen molar-refractivity contribution in [1.82, 2.24) is 9.80 Å². The Labute approximate surface area is 200 Å². The van der Waals surface area contributed by atoms with Crippen molar-refractivity contribution in [3.63, 3.8) is 0 Å². The summed E-state index contributed by atoms with van der Waals surface area (Å²) in [6, 6.07) is 15.1. The lowest BCUT2D eigenvalue weighted by atomic mass is 10.0. The predicted octanol–water partition coefficient (Wildman–Crippen LogP) is 2.68. The largest absolute Gasteiger partial charge is 0.494 e. The summed E-state index contributed by atoms with van der Waals surface area (Å²) in [5.74, 6) is 0.134. The second-order valence-corrected chi connectivity index (χ2v) is 8.49. The number of rotatable bonds is 9. The first kappa shape index (κ1) is 23.8. The number of hydrogen-bond acceptors (Lipinski definition) is 7. The molecule has 34 heavy (non-hydrogen) atoms. The zero-order valence-electron chi connectivity index (χ0n) is 20.0. The van der Waals surface area contributed by atoms with Crippen LogP contribution in [0, 0.1) is 0 Å². The van der Waals surface area contributed by atoms with Gasteiger partial charge in [-0.3, -0.25) is 19.4 Å². The Kier molecular flexibility index (Phi) is 7.49. The lowest BCUT2D eigenvalue weighted by Gasteiger charge is -2.28. The summed E-state index contributed by atoms with van der Waals surface area (Å²) < 4.78 is 10.9. The number of morpholine rings is 1. The lowest BCUT2D eigenvalue weighted by Crippen LogP contribution is -2.43. The molecule has 1 N–H and O–H groups in total. The number of carbonyl (C=O) groups is 2. The van der Waals surface area contributed by atoms with Crippen LogP contribution in [0.1, 0.15) is 12.5 Å². The molecule has 8 heteroatoms. The molecule has 2 aromatic carbocycles. The number of imide groups is 1. The quantitative estimate of drug-likeness (QED) is 0.572. The Balaban J connectivity index is 1.61. The number of hydrogen-bond donors (Lipinski definition) is 1. The third-order valence-electron chi connectivity index (χ3n) is 6.02. The fraction of sp³-hybridized carbons (Fsp3) is 0.385. The van der Waals surface area contributed by atoms with Crippen LogP contribution >= 0.6 is 0 Å². The zero-order chi connectivity index (χ0) is 24.1. The Morgan fingerprint density at radius 2 is 1.62 bits per heavy atom. The summed E-state index contributed by atoms with van der Waals surface area (Å²) in [5.41, 5.74) is 3.16. The van der Waals surface area contributed by atoms with Crippen LogP contribution in [0.5, 0.6) is 5.75 Å². The lowest BCUT2D eigenvalue weighted by molar-refractivity contribution is -0.137. The monoisotopic (exact) mass is 464 g/mol. The van der Waals surface area contributed by atoms with Crippen LogP contribution in [0.15, 0.2) is 54.2 Å². The number of nitrogens with one attached hydrogen (secondary N) is 1. The van der Waals surface area contributed by atoms with Crippen molar-refractivity contribution in [2.45, 2.75) is 6.92 Å². The second-order valence-electron chi connectivity index (χ2n) is 8.49. The molecule has 2 amide bonds. The Hall–Kier alpha value is -3.36. The van der Waals surface area contributed by atoms with Crippen molar-refractivity contribution in [2.24, 2.45) is 0 Å². The number of nitrogens with zero attached hydrogens (tertiary/aromatic N) is 3. The molecule has 0 aliphatic carbocycles. The van der Waals surface area contributed by atoms with Gasteiger partial charge in [-0.25, -0.2) is 0 Å². The molecule has 4 rings (SSSR count). The summed E-state index contributed by atoms with van der Waals surface area (Å²) in [6.07, 6.45) is 0. The first-order chi connectivity index (χ1) is 16.5. The van der Waals surface area contributed by atoms with Gasteiger partial charge in [-0.15, -0.1) is 0 Å². The maximum absolute atomic E-state index is 13.5. The van der Waals surface area contributed by atoms with E-state index in [1.807, 2.05) is 74.4 Å². The molecule has 0 spiro atoms. The van der Waals surface area contributed by atoms with E-state index in [2.05, 4.69) is 10.2 Å². The summed E-state index contributed by atoms with van der Waals surface area (Å²) in [5, 5.41) is 3.23. The third-order valence-corrected chi connectivity index (χ3v) is 6.02. The van der Waals surface area contributed by atoms with Crippen molar-refractivity contribution in [1.29, 1.82) is 0 Å². The first-order valence-electron chi connectivity index (χ1n) is 11.7. The molecular weight excluding hydrogens is 432 g/mol. The molecule has 0 saturated carbocycles. The van der Waals surface area contributed by atoms with Crippen molar-refractivity contribution >= 4 is 28.8 Å². The van der Waals surface area contributed by atoms with E-state index in [-0.39, 0.29) is 11.8 Å². The molecule has 2 heterocycles. The topological polar surface area (TPSA) is 74.3 Å². The maximum Gasteiger partial charge on any atom is 0.278 e. The molecule has 0 aromatic heterocycles. The van der Waals surface area contributed by atoms with Crippen molar-refractivity contribution in [3.8, 4) is 5.75 Å². The molecule has 0 bridgehead atoms. The highest BCUT2D eigenvalue weighted by atomic mass is 16.5. The minimum absolute atomic E-state index is 0.283. The Bertz CT molecular complexity index is 1040. The molecule has 0 radical (unpaired) electrons. The molecule has 0 atom stereocenters. The highest BCUT2D eigenvalue weighted by Crippen LogP contribution is 2.31. The van der Waals surface area contributed by atoms with Gasteiger partial charge in [-0.1, -0.05) is 12.1 Å². The van der Waals surface area contributed by atoms with E-state index in [1.54, 1.807) is 0 Å². The minimum atomic E-state index is -0.307. The summed E-state index contributed by atoms with van der Waals surface area (Å²) in [4.78, 5) is 32.5. The smallest absolute Gasteiger partial charge is 0.278 e. The Morgan fingerprint density at radius 3 is 2.24 bits per heavy atom. The highest BCUT2D eigenvalue weighted by Gasteiger charge is 2.39. The molecule has 8 nitrogen and oxygen atoms in total. The SMILES string of the molecule is CCOc1ccc(C2=C(Nc3ccc(N(C)C)cc3)C(=O)N(CCN3CCOCC3)C2=O)cc1. The molecule has 0 unspecified atom stereocenters. The number of ether oxygens (including phenoxy) is 2. The summed E-state index contributed by atoms with van der Waals surface area (Å²) in [7, 11) is 3.95. The number of carbonyl (C=O) groups excluding carboxylic acids is 2. The van der Waals surface area contributed by atoms with Gasteiger partial charge in [0.15, 0.2) is 0 Å². The summed E-state index contributed by atoms with van der Waals surface area (Å²) >= 11 is 0. The molecule has 2 aromatic rings. The van der Waals surface area contributed by atoms with Gasteiger partial charge in [0.05, 0.1) is 25.4 Å². The van der Waals surface area contributed by atoms with Crippen LogP contribution in [-0.2, 0) is 14.3 Å². The van der Waals surface area contributed by atoms with Crippen LogP contribution in [0.2, 0.25) is 0 Å². The predicted molar refractivity (Wildman–Crippen MR) is 133 cm³/mol. The van der Waals surface area contributed by atoms with E-state index in [4.69, 9.17) is 9.47 Å². The van der Waals surface area contributed by atoms with Gasteiger partial charge in [-0.05, 0) is 48.9 Å². The molecule has 1 fully saturated rings. The van der Waals surface area contributed by atoms with Gasteiger partial charge in [0.2, 0.25) is 0 Å². The first-order valence-corrected chi connectivity index (χ1v) is 11.7. The molecular formula is C26H32N4O4. The normalized spacial score (nSPS) is 16.9. The number of benzene rings is 2. The average molecular weight is 465 g/mol. The standard InChI is InChI=1S/C26H32N4O4/c1-4-34-22-11-5-19(6-12-22)23-24(27-20-7-9-21(10-8-20)28(2)3)26(32)30(25(23)31)14-13-29-15-17-33-18-16-29/h5-12,27H,4,13-18H2,1-3H3. The van der Waals surface area contributed by atoms with Gasteiger partial charge in [-0.2, -0.15) is 0 Å². The second kappa shape index (κ2) is 10.7. The van der Waals surface area contributed by atoms with Gasteiger partial charge >= 0.3 is 0 Å². The third kappa shape index (κ3) is 5.24. The van der Waals surface area contributed by atoms with Crippen LogP contribution in [0.3, 0.4) is 0 Å². The van der Waals surface area contributed by atoms with E-state index in [0.717, 1.165) is 30.2 Å². The molecule has 180 valence electrons. The molecule has 2 aliphatic rings. The maximum atomic E-state index is 13.5. The average Bonchev–Trinajstić information content (AvgIpc) is 3.08. The van der Waals surface area contributed by atoms with E-state index in [1.165, 1.54) is 4.90 Å². The van der Waals surface area contributed by atoms with Gasteiger partial charge in [0, 0.05) is 51.6 Å². The van der Waals surface area contributed by atoms with Crippen molar-refractivity contribution in [2.75, 3.05) is 70.3 Å². The van der Waals surface area contributed by atoms with Crippen LogP contribution in [-0.4, -0.2) is 81.7 Å². The van der Waals surface area contributed by atoms with E-state index >= 15 is 0 Å². The van der Waals surface area contributed by atoms with E-state index in [0.29, 0.717) is 49.7 Å². The highest BCUT2D eigenvalue weighted by molar-refractivity contribution is 6.36. The number of anilines is 2. The molecule has 2 aliphatic heterocycles. The Morgan fingerprint density at radius 1 is 0.941 bits per heavy atom. The number of amides is 2. The van der Waals surface area contributed by atoms with Gasteiger partial charge in [0.1, 0.15) is 11.4 Å². The van der Waals surface area contributed by atoms with Crippen LogP contribution in [0.4, 0.5) is 11.4 Å². The van der Waals surface area contributed by atoms with Crippen LogP contribution < -0.4 is 15.0 Å². The zero-order valence-corrected chi connectivity index (χ0v) is 20.0. The van der Waals surface area contributed by atoms with E-state index in [9.17, 15) is 9.59 Å². The minimum Gasteiger partial charge on any atom is -0.494 e. The molecule has 1 saturated heterocycles. The summed E-state index contributed by atoms with van der Waals surface area (Å²) in [6.45, 7) is 6.40. The van der Waals surface area contributed by atoms with E-state index < -0.39 is 0 Å². The van der Waals surface area contributed by atoms with Crippen molar-refractivity contribution < 1.29 is 19.1 Å². The van der Waals surface area contributed by atoms with Crippen molar-refractivity contribution in [3.05, 3.63) is 59.8 Å². The van der Waals surface area contributed by atoms with Gasteiger partial charge < -0.3 is 19.7 Å². The van der Waals surface area contributed by atoms with Crippen LogP contribution in [0.25, 0.3) is 5.57 Å². The van der Waals surface area contributed by atoms with Gasteiger partial charge in [0.25, 0.3) is 11.8 Å². The fourth-order valence-corrected chi connectivity index (χ4v) is 4.10.